The first kappa shape index (κ1) is 20.2. The number of allylic oxidation sites excluding steroid dienone is 2. The Morgan fingerprint density at radius 1 is 1.10 bits per heavy atom. The van der Waals surface area contributed by atoms with E-state index < -0.39 is 0 Å². The third-order valence-electron chi connectivity index (χ3n) is 4.00. The summed E-state index contributed by atoms with van der Waals surface area (Å²) in [7, 11) is 4.04. The summed E-state index contributed by atoms with van der Waals surface area (Å²) in [5, 5.41) is 0. The lowest BCUT2D eigenvalue weighted by Crippen LogP contribution is -2.22. The molecule has 0 aliphatic heterocycles. The van der Waals surface area contributed by atoms with Crippen LogP contribution >= 0.6 is 0 Å². The summed E-state index contributed by atoms with van der Waals surface area (Å²) in [5.41, 5.74) is 0. The molecule has 0 radical (unpaired) electrons. The molecule has 0 bridgehead atoms. The largest absolute Gasteiger partial charge is 0.465 e. The third-order valence-corrected chi connectivity index (χ3v) is 4.00. The van der Waals surface area contributed by atoms with E-state index in [2.05, 4.69) is 37.8 Å². The van der Waals surface area contributed by atoms with E-state index in [0.29, 0.717) is 24.9 Å². The molecular formula is C18H35NO2. The summed E-state index contributed by atoms with van der Waals surface area (Å²) in [5.74, 6) is 1.05. The van der Waals surface area contributed by atoms with E-state index in [9.17, 15) is 4.79 Å². The minimum atomic E-state index is -0.0488. The van der Waals surface area contributed by atoms with Gasteiger partial charge in [-0.3, -0.25) is 4.79 Å². The highest BCUT2D eigenvalue weighted by Crippen LogP contribution is 2.24. The van der Waals surface area contributed by atoms with Gasteiger partial charge in [-0.1, -0.05) is 45.8 Å². The van der Waals surface area contributed by atoms with Crippen molar-refractivity contribution in [1.82, 2.24) is 4.90 Å². The Balaban J connectivity index is 4.20. The zero-order valence-electron chi connectivity index (χ0n) is 14.7. The van der Waals surface area contributed by atoms with Gasteiger partial charge in [-0.25, -0.2) is 0 Å². The summed E-state index contributed by atoms with van der Waals surface area (Å²) in [4.78, 5) is 13.9. The molecule has 0 saturated carbocycles. The number of carbonyl (C=O) groups excluding carboxylic acids is 1. The summed E-state index contributed by atoms with van der Waals surface area (Å²) >= 11 is 0. The Kier molecular flexibility index (Phi) is 12.4. The van der Waals surface area contributed by atoms with Crippen LogP contribution in [0.1, 0.15) is 59.3 Å². The molecule has 0 aliphatic rings. The van der Waals surface area contributed by atoms with E-state index in [-0.39, 0.29) is 5.97 Å². The van der Waals surface area contributed by atoms with Crippen LogP contribution in [0.15, 0.2) is 12.2 Å². The maximum Gasteiger partial charge on any atom is 0.305 e. The van der Waals surface area contributed by atoms with Gasteiger partial charge in [0.1, 0.15) is 0 Å². The van der Waals surface area contributed by atoms with Crippen LogP contribution in [0.3, 0.4) is 0 Å². The molecule has 1 unspecified atom stereocenters. The third kappa shape index (κ3) is 10.5. The SMILES string of the molecule is CC/C=C\CC(COC(=O)CCCN(C)C)C(CC)CC. The number of ether oxygens (including phenoxy) is 1. The first-order valence-electron chi connectivity index (χ1n) is 8.50. The molecule has 0 aromatic heterocycles. The van der Waals surface area contributed by atoms with Crippen molar-refractivity contribution in [2.24, 2.45) is 11.8 Å². The van der Waals surface area contributed by atoms with Gasteiger partial charge in [-0.15, -0.1) is 0 Å². The molecule has 0 rings (SSSR count). The van der Waals surface area contributed by atoms with Gasteiger partial charge < -0.3 is 9.64 Å². The van der Waals surface area contributed by atoms with Crippen molar-refractivity contribution in [3.05, 3.63) is 12.2 Å². The molecule has 0 N–H and O–H groups in total. The molecule has 0 heterocycles. The maximum absolute atomic E-state index is 11.8. The zero-order chi connectivity index (χ0) is 16.1. The van der Waals surface area contributed by atoms with Gasteiger partial charge in [0.15, 0.2) is 0 Å². The lowest BCUT2D eigenvalue weighted by atomic mass is 9.86. The average molecular weight is 297 g/mol. The van der Waals surface area contributed by atoms with Crippen molar-refractivity contribution < 1.29 is 9.53 Å². The Bertz CT molecular complexity index is 283. The van der Waals surface area contributed by atoms with Crippen LogP contribution < -0.4 is 0 Å². The predicted molar refractivity (Wildman–Crippen MR) is 90.4 cm³/mol. The molecule has 3 nitrogen and oxygen atoms in total. The Morgan fingerprint density at radius 2 is 1.76 bits per heavy atom. The number of nitrogens with zero attached hydrogens (tertiary/aromatic N) is 1. The Labute approximate surface area is 131 Å². The van der Waals surface area contributed by atoms with Crippen molar-refractivity contribution in [3.8, 4) is 0 Å². The lowest BCUT2D eigenvalue weighted by molar-refractivity contribution is -0.145. The van der Waals surface area contributed by atoms with E-state index in [1.807, 2.05) is 14.1 Å². The monoisotopic (exact) mass is 297 g/mol. The average Bonchev–Trinajstić information content (AvgIpc) is 2.45. The molecule has 0 saturated heterocycles. The molecule has 0 spiro atoms. The van der Waals surface area contributed by atoms with E-state index >= 15 is 0 Å². The first-order valence-corrected chi connectivity index (χ1v) is 8.50. The molecule has 0 aromatic carbocycles. The Hall–Kier alpha value is -0.830. The number of rotatable bonds is 12. The number of carbonyl (C=O) groups is 1. The second-order valence-corrected chi connectivity index (χ2v) is 6.04. The van der Waals surface area contributed by atoms with Gasteiger partial charge in [0.2, 0.25) is 0 Å². The fourth-order valence-corrected chi connectivity index (χ4v) is 2.60. The molecule has 124 valence electrons. The fraction of sp³-hybridized carbons (Fsp3) is 0.833. The standard InChI is InChI=1S/C18H35NO2/c1-6-9-10-12-17(16(7-2)8-3)15-21-18(20)13-11-14-19(4)5/h9-10,16-17H,6-8,11-15H2,1-5H3/b10-9-. The second kappa shape index (κ2) is 12.9. The molecular weight excluding hydrogens is 262 g/mol. The molecule has 0 amide bonds. The van der Waals surface area contributed by atoms with Crippen LogP contribution in [0.4, 0.5) is 0 Å². The summed E-state index contributed by atoms with van der Waals surface area (Å²) in [6.07, 6.45) is 10.2. The van der Waals surface area contributed by atoms with Crippen LogP contribution in [0.25, 0.3) is 0 Å². The van der Waals surface area contributed by atoms with Crippen molar-refractivity contribution in [2.75, 3.05) is 27.2 Å². The van der Waals surface area contributed by atoms with Crippen LogP contribution in [0.5, 0.6) is 0 Å². The topological polar surface area (TPSA) is 29.5 Å². The smallest absolute Gasteiger partial charge is 0.305 e. The van der Waals surface area contributed by atoms with E-state index in [1.165, 1.54) is 0 Å². The molecule has 3 heteroatoms. The van der Waals surface area contributed by atoms with Gasteiger partial charge in [0.25, 0.3) is 0 Å². The molecule has 0 fully saturated rings. The van der Waals surface area contributed by atoms with Crippen LogP contribution in [-0.4, -0.2) is 38.1 Å². The van der Waals surface area contributed by atoms with Crippen molar-refractivity contribution in [2.45, 2.75) is 59.3 Å². The summed E-state index contributed by atoms with van der Waals surface area (Å²) in [6, 6.07) is 0. The van der Waals surface area contributed by atoms with Gasteiger partial charge >= 0.3 is 5.97 Å². The quantitative estimate of drug-likeness (QED) is 0.398. The number of esters is 1. The van der Waals surface area contributed by atoms with Crippen molar-refractivity contribution in [1.29, 1.82) is 0 Å². The molecule has 21 heavy (non-hydrogen) atoms. The van der Waals surface area contributed by atoms with E-state index in [4.69, 9.17) is 4.74 Å². The normalized spacial score (nSPS) is 13.3. The second-order valence-electron chi connectivity index (χ2n) is 6.04. The fourth-order valence-electron chi connectivity index (χ4n) is 2.60. The minimum absolute atomic E-state index is 0.0488. The number of hydrogen-bond donors (Lipinski definition) is 0. The highest BCUT2D eigenvalue weighted by Gasteiger charge is 2.19. The van der Waals surface area contributed by atoms with Crippen molar-refractivity contribution in [3.63, 3.8) is 0 Å². The maximum atomic E-state index is 11.8. The van der Waals surface area contributed by atoms with Gasteiger partial charge in [-0.05, 0) is 51.7 Å². The van der Waals surface area contributed by atoms with Gasteiger partial charge in [0, 0.05) is 6.42 Å². The molecule has 0 aliphatic carbocycles. The van der Waals surface area contributed by atoms with Gasteiger partial charge in [-0.2, -0.15) is 0 Å². The predicted octanol–water partition coefficient (Wildman–Crippen LogP) is 4.28. The highest BCUT2D eigenvalue weighted by atomic mass is 16.5. The lowest BCUT2D eigenvalue weighted by Gasteiger charge is -2.24. The van der Waals surface area contributed by atoms with E-state index in [0.717, 1.165) is 38.6 Å². The van der Waals surface area contributed by atoms with Crippen LogP contribution in [0, 0.1) is 11.8 Å². The Morgan fingerprint density at radius 3 is 2.29 bits per heavy atom. The molecule has 0 aromatic rings. The first-order chi connectivity index (χ1) is 10.0. The summed E-state index contributed by atoms with van der Waals surface area (Å²) < 4.78 is 5.51. The molecule has 1 atom stereocenters. The van der Waals surface area contributed by atoms with Crippen molar-refractivity contribution >= 4 is 5.97 Å². The van der Waals surface area contributed by atoms with E-state index in [1.54, 1.807) is 0 Å². The zero-order valence-corrected chi connectivity index (χ0v) is 14.7. The van der Waals surface area contributed by atoms with Crippen LogP contribution in [0.2, 0.25) is 0 Å². The highest BCUT2D eigenvalue weighted by molar-refractivity contribution is 5.69. The number of hydrogen-bond acceptors (Lipinski definition) is 3. The minimum Gasteiger partial charge on any atom is -0.465 e. The van der Waals surface area contributed by atoms with Gasteiger partial charge in [0.05, 0.1) is 6.61 Å². The summed E-state index contributed by atoms with van der Waals surface area (Å²) in [6.45, 7) is 8.10. The van der Waals surface area contributed by atoms with Crippen LogP contribution in [-0.2, 0) is 9.53 Å².